The third-order valence-electron chi connectivity index (χ3n) is 2.69. The molecule has 0 saturated carbocycles. The zero-order chi connectivity index (χ0) is 8.72. The van der Waals surface area contributed by atoms with E-state index in [9.17, 15) is 4.79 Å². The fraction of sp³-hybridized carbons (Fsp3) is 0.889. The summed E-state index contributed by atoms with van der Waals surface area (Å²) in [5.41, 5.74) is 0. The summed E-state index contributed by atoms with van der Waals surface area (Å²) >= 11 is 0. The number of carbonyl (C=O) groups excluding carboxylic acids is 1. The van der Waals surface area contributed by atoms with Gasteiger partial charge in [-0.1, -0.05) is 13.8 Å². The first kappa shape index (κ1) is 8.20. The van der Waals surface area contributed by atoms with Crippen molar-refractivity contribution in [3.8, 4) is 0 Å². The molecule has 2 saturated heterocycles. The highest BCUT2D eigenvalue weighted by atomic mass is 16.6. The molecule has 0 unspecified atom stereocenters. The molecule has 2 rings (SSSR count). The van der Waals surface area contributed by atoms with E-state index in [2.05, 4.69) is 6.92 Å². The minimum Gasteiger partial charge on any atom is -0.367 e. The van der Waals surface area contributed by atoms with Crippen molar-refractivity contribution in [1.82, 2.24) is 0 Å². The predicted octanol–water partition coefficient (Wildman–Crippen LogP) is 0.768. The largest absolute Gasteiger partial charge is 0.367 e. The molecular weight excluding hydrogens is 156 g/mol. The van der Waals surface area contributed by atoms with E-state index in [1.165, 1.54) is 0 Å². The number of hydrogen-bond donors (Lipinski definition) is 0. The summed E-state index contributed by atoms with van der Waals surface area (Å²) < 4.78 is 10.9. The molecule has 3 heteroatoms. The molecule has 68 valence electrons. The Kier molecular flexibility index (Phi) is 1.93. The van der Waals surface area contributed by atoms with E-state index in [1.54, 1.807) is 0 Å². The topological polar surface area (TPSA) is 35.5 Å². The van der Waals surface area contributed by atoms with Crippen LogP contribution in [0.25, 0.3) is 0 Å². The van der Waals surface area contributed by atoms with Crippen molar-refractivity contribution in [2.75, 3.05) is 6.61 Å². The summed E-state index contributed by atoms with van der Waals surface area (Å²) in [4.78, 5) is 11.5. The predicted molar refractivity (Wildman–Crippen MR) is 42.9 cm³/mol. The number of ketones is 1. The van der Waals surface area contributed by atoms with Crippen LogP contribution in [0, 0.1) is 5.92 Å². The zero-order valence-electron chi connectivity index (χ0n) is 7.45. The van der Waals surface area contributed by atoms with Crippen LogP contribution in [0.3, 0.4) is 0 Å². The maximum absolute atomic E-state index is 11.5. The zero-order valence-corrected chi connectivity index (χ0v) is 7.45. The summed E-state index contributed by atoms with van der Waals surface area (Å²) in [5, 5.41) is 0. The lowest BCUT2D eigenvalue weighted by atomic mass is 10.0. The molecule has 0 spiro atoms. The van der Waals surface area contributed by atoms with Crippen molar-refractivity contribution in [3.63, 3.8) is 0 Å². The first-order chi connectivity index (χ1) is 5.74. The van der Waals surface area contributed by atoms with E-state index >= 15 is 0 Å². The lowest BCUT2D eigenvalue weighted by Gasteiger charge is -2.11. The minimum atomic E-state index is -0.259. The van der Waals surface area contributed by atoms with Gasteiger partial charge >= 0.3 is 0 Å². The molecule has 12 heavy (non-hydrogen) atoms. The van der Waals surface area contributed by atoms with Crippen molar-refractivity contribution in [3.05, 3.63) is 0 Å². The second kappa shape index (κ2) is 2.82. The fourth-order valence-electron chi connectivity index (χ4n) is 1.93. The first-order valence-electron chi connectivity index (χ1n) is 4.54. The molecule has 2 aliphatic heterocycles. The van der Waals surface area contributed by atoms with Gasteiger partial charge < -0.3 is 9.47 Å². The molecule has 4 atom stereocenters. The quantitative estimate of drug-likeness (QED) is 0.583. The molecule has 0 aromatic rings. The number of Topliss-reactive ketones (excluding diaryl/α,β-unsaturated/α-hetero) is 1. The molecule has 0 aliphatic carbocycles. The molecule has 0 bridgehead atoms. The monoisotopic (exact) mass is 170 g/mol. The summed E-state index contributed by atoms with van der Waals surface area (Å²) in [6.07, 6.45) is 0.331. The van der Waals surface area contributed by atoms with Gasteiger partial charge in [-0.15, -0.1) is 0 Å². The Morgan fingerprint density at radius 2 is 2.33 bits per heavy atom. The van der Waals surface area contributed by atoms with Crippen molar-refractivity contribution in [2.45, 2.75) is 38.6 Å². The van der Waals surface area contributed by atoms with Crippen molar-refractivity contribution >= 4 is 5.78 Å². The summed E-state index contributed by atoms with van der Waals surface area (Å²) in [6, 6.07) is 0. The van der Waals surface area contributed by atoms with Gasteiger partial charge in [-0.3, -0.25) is 4.79 Å². The van der Waals surface area contributed by atoms with Crippen LogP contribution in [0.4, 0.5) is 0 Å². The average molecular weight is 170 g/mol. The molecular formula is C9H14O3. The molecule has 0 aromatic heterocycles. The first-order valence-corrected chi connectivity index (χ1v) is 4.54. The number of rotatable bonds is 1. The van der Waals surface area contributed by atoms with Crippen molar-refractivity contribution in [2.24, 2.45) is 5.92 Å². The number of fused-ring (bicyclic) bond motifs is 1. The van der Waals surface area contributed by atoms with Crippen LogP contribution < -0.4 is 0 Å². The molecule has 0 N–H and O–H groups in total. The molecule has 0 aromatic carbocycles. The molecule has 3 nitrogen and oxygen atoms in total. The van der Waals surface area contributed by atoms with Crippen LogP contribution in [-0.2, 0) is 14.3 Å². The van der Waals surface area contributed by atoms with Crippen molar-refractivity contribution in [1.29, 1.82) is 0 Å². The second-order valence-corrected chi connectivity index (χ2v) is 3.63. The summed E-state index contributed by atoms with van der Waals surface area (Å²) in [5.74, 6) is 0.516. The van der Waals surface area contributed by atoms with Crippen LogP contribution in [0.1, 0.15) is 20.3 Å². The van der Waals surface area contributed by atoms with E-state index in [0.717, 1.165) is 6.42 Å². The lowest BCUT2D eigenvalue weighted by molar-refractivity contribution is -0.129. The number of ether oxygens (including phenoxy) is 2. The molecule has 2 heterocycles. The Morgan fingerprint density at radius 1 is 1.58 bits per heavy atom. The average Bonchev–Trinajstić information content (AvgIpc) is 2.55. The van der Waals surface area contributed by atoms with Gasteiger partial charge in [0, 0.05) is 5.92 Å². The number of hydrogen-bond acceptors (Lipinski definition) is 3. The molecule has 2 fully saturated rings. The minimum absolute atomic E-state index is 0.0300. The van der Waals surface area contributed by atoms with Gasteiger partial charge in [0.1, 0.15) is 12.2 Å². The fourth-order valence-corrected chi connectivity index (χ4v) is 1.93. The third-order valence-corrected chi connectivity index (χ3v) is 2.69. The van der Waals surface area contributed by atoms with E-state index in [-0.39, 0.29) is 24.1 Å². The molecule has 2 aliphatic rings. The van der Waals surface area contributed by atoms with Crippen molar-refractivity contribution < 1.29 is 14.3 Å². The standard InChI is InChI=1S/C9H14O3/c1-3-6-7(10)9-8(12-6)5(2)4-11-9/h5-6,8-9H,3-4H2,1-2H3/t5-,6-,8-,9-/m0/s1. The SMILES string of the molecule is CC[C@@H]1O[C@H]2[C@@H](C)CO[C@H]2C1=O. The Morgan fingerprint density at radius 3 is 2.92 bits per heavy atom. The van der Waals surface area contributed by atoms with Gasteiger partial charge in [0.15, 0.2) is 5.78 Å². The van der Waals surface area contributed by atoms with Gasteiger partial charge in [-0.2, -0.15) is 0 Å². The summed E-state index contributed by atoms with van der Waals surface area (Å²) in [6.45, 7) is 4.70. The summed E-state index contributed by atoms with van der Waals surface area (Å²) in [7, 11) is 0. The van der Waals surface area contributed by atoms with Crippen LogP contribution in [0.15, 0.2) is 0 Å². The maximum atomic E-state index is 11.5. The van der Waals surface area contributed by atoms with E-state index in [1.807, 2.05) is 6.92 Å². The smallest absolute Gasteiger partial charge is 0.192 e. The number of carbonyl (C=O) groups is 1. The Hall–Kier alpha value is -0.410. The van der Waals surface area contributed by atoms with Crippen LogP contribution >= 0.6 is 0 Å². The van der Waals surface area contributed by atoms with Gasteiger partial charge in [-0.25, -0.2) is 0 Å². The van der Waals surface area contributed by atoms with Gasteiger partial charge in [-0.05, 0) is 6.42 Å². The maximum Gasteiger partial charge on any atom is 0.192 e. The lowest BCUT2D eigenvalue weighted by Crippen LogP contribution is -2.25. The van der Waals surface area contributed by atoms with Gasteiger partial charge in [0.25, 0.3) is 0 Å². The second-order valence-electron chi connectivity index (χ2n) is 3.63. The van der Waals surface area contributed by atoms with E-state index in [0.29, 0.717) is 12.5 Å². The molecule has 0 radical (unpaired) electrons. The Labute approximate surface area is 72.0 Å². The Balaban J connectivity index is 2.13. The Bertz CT molecular complexity index is 202. The highest BCUT2D eigenvalue weighted by Gasteiger charge is 2.49. The van der Waals surface area contributed by atoms with Gasteiger partial charge in [0.2, 0.25) is 0 Å². The van der Waals surface area contributed by atoms with Crippen LogP contribution in [-0.4, -0.2) is 30.7 Å². The highest BCUT2D eigenvalue weighted by molar-refractivity contribution is 5.90. The van der Waals surface area contributed by atoms with Gasteiger partial charge in [0.05, 0.1) is 12.7 Å². The molecule has 0 amide bonds. The third kappa shape index (κ3) is 1.00. The van der Waals surface area contributed by atoms with Crippen LogP contribution in [0.5, 0.6) is 0 Å². The van der Waals surface area contributed by atoms with Crippen LogP contribution in [0.2, 0.25) is 0 Å². The van der Waals surface area contributed by atoms with E-state index in [4.69, 9.17) is 9.47 Å². The normalized spacial score (nSPS) is 46.7. The highest BCUT2D eigenvalue weighted by Crippen LogP contribution is 2.32. The van der Waals surface area contributed by atoms with E-state index < -0.39 is 0 Å².